The Morgan fingerprint density at radius 1 is 1.47 bits per heavy atom. The lowest BCUT2D eigenvalue weighted by molar-refractivity contribution is -0.385. The number of nitro benzene ring substituents is 1. The van der Waals surface area contributed by atoms with E-state index in [4.69, 9.17) is 5.73 Å². The molecule has 0 aromatic heterocycles. The fourth-order valence-corrected chi connectivity index (χ4v) is 1.26. The van der Waals surface area contributed by atoms with E-state index in [-0.39, 0.29) is 12.1 Å². The van der Waals surface area contributed by atoms with Crippen molar-refractivity contribution in [2.45, 2.75) is 12.8 Å². The topological polar surface area (TPSA) is 69.2 Å². The number of nitrogens with two attached hydrogens (primary N) is 1. The molecule has 4 nitrogen and oxygen atoms in total. The number of hydrogen-bond acceptors (Lipinski definition) is 3. The van der Waals surface area contributed by atoms with Crippen LogP contribution < -0.4 is 5.73 Å². The smallest absolute Gasteiger partial charge is 0.275 e. The second-order valence-corrected chi connectivity index (χ2v) is 3.22. The maximum Gasteiger partial charge on any atom is 0.275 e. The van der Waals surface area contributed by atoms with Gasteiger partial charge in [-0.05, 0) is 12.5 Å². The van der Waals surface area contributed by atoms with Crippen molar-refractivity contribution in [1.29, 1.82) is 0 Å². The summed E-state index contributed by atoms with van der Waals surface area (Å²) in [7, 11) is 0. The molecule has 0 fully saturated rings. The van der Waals surface area contributed by atoms with Crippen molar-refractivity contribution in [3.63, 3.8) is 0 Å². The fourth-order valence-electron chi connectivity index (χ4n) is 1.26. The summed E-state index contributed by atoms with van der Waals surface area (Å²) in [6.07, 6.45) is 0. The number of nitrogens with zero attached hydrogens (tertiary/aromatic N) is 1. The molecule has 0 amide bonds. The molecule has 1 unspecified atom stereocenters. The summed E-state index contributed by atoms with van der Waals surface area (Å²) in [5.74, 6) is -2.37. The van der Waals surface area contributed by atoms with Crippen molar-refractivity contribution in [2.24, 2.45) is 5.73 Å². The van der Waals surface area contributed by atoms with Gasteiger partial charge in [0.1, 0.15) is 11.6 Å². The van der Waals surface area contributed by atoms with Crippen molar-refractivity contribution < 1.29 is 13.7 Å². The van der Waals surface area contributed by atoms with Gasteiger partial charge < -0.3 is 5.73 Å². The molecule has 0 radical (unpaired) electrons. The standard InChI is InChI=1S/C9H10F2N2O2/c1-5(4-12)9-7(10)2-6(13(14)15)3-8(9)11/h2-3,5H,4,12H2,1H3. The van der Waals surface area contributed by atoms with Gasteiger partial charge >= 0.3 is 0 Å². The number of non-ortho nitro benzene ring substituents is 1. The summed E-state index contributed by atoms with van der Waals surface area (Å²) in [6.45, 7) is 1.62. The molecule has 1 rings (SSSR count). The summed E-state index contributed by atoms with van der Waals surface area (Å²) in [5, 5.41) is 10.3. The van der Waals surface area contributed by atoms with E-state index in [9.17, 15) is 18.9 Å². The molecule has 15 heavy (non-hydrogen) atoms. The van der Waals surface area contributed by atoms with Crippen molar-refractivity contribution in [3.05, 3.63) is 39.4 Å². The molecule has 1 atom stereocenters. The van der Waals surface area contributed by atoms with E-state index in [0.717, 1.165) is 0 Å². The minimum Gasteiger partial charge on any atom is -0.330 e. The average Bonchev–Trinajstić information content (AvgIpc) is 2.16. The van der Waals surface area contributed by atoms with Crippen LogP contribution in [0.1, 0.15) is 18.4 Å². The van der Waals surface area contributed by atoms with Crippen molar-refractivity contribution in [3.8, 4) is 0 Å². The molecule has 0 aliphatic carbocycles. The summed E-state index contributed by atoms with van der Waals surface area (Å²) >= 11 is 0. The zero-order valence-corrected chi connectivity index (χ0v) is 8.04. The Morgan fingerprint density at radius 3 is 2.27 bits per heavy atom. The van der Waals surface area contributed by atoms with E-state index in [1.54, 1.807) is 6.92 Å². The third-order valence-electron chi connectivity index (χ3n) is 2.12. The van der Waals surface area contributed by atoms with E-state index in [1.807, 2.05) is 0 Å². The Hall–Kier alpha value is -1.56. The first-order valence-electron chi connectivity index (χ1n) is 4.30. The predicted octanol–water partition coefficient (Wildman–Crippen LogP) is 1.94. The zero-order valence-electron chi connectivity index (χ0n) is 8.04. The Labute approximate surface area is 84.9 Å². The van der Waals surface area contributed by atoms with Gasteiger partial charge in [-0.25, -0.2) is 8.78 Å². The highest BCUT2D eigenvalue weighted by atomic mass is 19.1. The molecule has 0 spiro atoms. The van der Waals surface area contributed by atoms with E-state index < -0.39 is 28.2 Å². The van der Waals surface area contributed by atoms with Crippen molar-refractivity contribution in [2.75, 3.05) is 6.54 Å². The van der Waals surface area contributed by atoms with Gasteiger partial charge in [-0.15, -0.1) is 0 Å². The van der Waals surface area contributed by atoms with Gasteiger partial charge in [0.2, 0.25) is 0 Å². The van der Waals surface area contributed by atoms with Gasteiger partial charge in [-0.2, -0.15) is 0 Å². The second-order valence-electron chi connectivity index (χ2n) is 3.22. The average molecular weight is 216 g/mol. The van der Waals surface area contributed by atoms with Crippen LogP contribution in [0.2, 0.25) is 0 Å². The lowest BCUT2D eigenvalue weighted by atomic mass is 10.00. The first kappa shape index (κ1) is 11.5. The number of nitro groups is 1. The lowest BCUT2D eigenvalue weighted by Crippen LogP contribution is -2.12. The summed E-state index contributed by atoms with van der Waals surface area (Å²) in [5.41, 5.74) is 4.47. The molecular formula is C9H10F2N2O2. The van der Waals surface area contributed by atoms with Crippen LogP contribution in [0.4, 0.5) is 14.5 Å². The number of halogens is 2. The highest BCUT2D eigenvalue weighted by Gasteiger charge is 2.20. The van der Waals surface area contributed by atoms with Gasteiger partial charge in [0.15, 0.2) is 0 Å². The molecule has 0 saturated heterocycles. The molecule has 6 heteroatoms. The highest BCUT2D eigenvalue weighted by molar-refractivity contribution is 5.37. The minimum absolute atomic E-state index is 0.0751. The van der Waals surface area contributed by atoms with Crippen LogP contribution in [-0.4, -0.2) is 11.5 Å². The van der Waals surface area contributed by atoms with E-state index in [0.29, 0.717) is 12.1 Å². The SMILES string of the molecule is CC(CN)c1c(F)cc([N+](=O)[O-])cc1F. The summed E-state index contributed by atoms with van der Waals surface area (Å²) in [4.78, 5) is 9.46. The minimum atomic E-state index is -0.931. The van der Waals surface area contributed by atoms with E-state index in [1.165, 1.54) is 0 Å². The molecule has 0 heterocycles. The normalized spacial score (nSPS) is 12.5. The van der Waals surface area contributed by atoms with Crippen LogP contribution in [0.25, 0.3) is 0 Å². The van der Waals surface area contributed by atoms with Gasteiger partial charge in [0.05, 0.1) is 17.1 Å². The van der Waals surface area contributed by atoms with Gasteiger partial charge in [-0.3, -0.25) is 10.1 Å². The fraction of sp³-hybridized carbons (Fsp3) is 0.333. The second kappa shape index (κ2) is 4.31. The first-order chi connectivity index (χ1) is 6.97. The third kappa shape index (κ3) is 2.27. The van der Waals surface area contributed by atoms with Crippen molar-refractivity contribution >= 4 is 5.69 Å². The number of benzene rings is 1. The molecule has 1 aromatic carbocycles. The van der Waals surface area contributed by atoms with E-state index >= 15 is 0 Å². The Kier molecular flexibility index (Phi) is 3.31. The highest BCUT2D eigenvalue weighted by Crippen LogP contribution is 2.26. The molecule has 2 N–H and O–H groups in total. The van der Waals surface area contributed by atoms with Crippen molar-refractivity contribution in [1.82, 2.24) is 0 Å². The van der Waals surface area contributed by atoms with Crippen LogP contribution in [0.15, 0.2) is 12.1 Å². The lowest BCUT2D eigenvalue weighted by Gasteiger charge is -2.10. The Balaban J connectivity index is 3.27. The van der Waals surface area contributed by atoms with Crippen LogP contribution >= 0.6 is 0 Å². The van der Waals surface area contributed by atoms with Gasteiger partial charge in [-0.1, -0.05) is 6.92 Å². The zero-order chi connectivity index (χ0) is 11.6. The molecular weight excluding hydrogens is 206 g/mol. The van der Waals surface area contributed by atoms with Crippen LogP contribution in [0, 0.1) is 21.7 Å². The molecule has 1 aromatic rings. The first-order valence-corrected chi connectivity index (χ1v) is 4.30. The molecule has 0 saturated carbocycles. The summed E-state index contributed by atoms with van der Waals surface area (Å²) < 4.78 is 26.6. The van der Waals surface area contributed by atoms with Crippen LogP contribution in [0.5, 0.6) is 0 Å². The number of hydrogen-bond donors (Lipinski definition) is 1. The summed E-state index contributed by atoms with van der Waals surface area (Å²) in [6, 6.07) is 1.40. The maximum atomic E-state index is 13.3. The Bertz CT molecular complexity index is 373. The number of rotatable bonds is 3. The monoisotopic (exact) mass is 216 g/mol. The predicted molar refractivity (Wildman–Crippen MR) is 50.5 cm³/mol. The Morgan fingerprint density at radius 2 is 1.93 bits per heavy atom. The van der Waals surface area contributed by atoms with Crippen LogP contribution in [-0.2, 0) is 0 Å². The van der Waals surface area contributed by atoms with Gasteiger partial charge in [0.25, 0.3) is 5.69 Å². The largest absolute Gasteiger partial charge is 0.330 e. The molecule has 0 aliphatic rings. The molecule has 82 valence electrons. The maximum absolute atomic E-state index is 13.3. The third-order valence-corrected chi connectivity index (χ3v) is 2.12. The molecule has 0 bridgehead atoms. The quantitative estimate of drug-likeness (QED) is 0.620. The molecule has 0 aliphatic heterocycles. The van der Waals surface area contributed by atoms with E-state index in [2.05, 4.69) is 0 Å². The van der Waals surface area contributed by atoms with Gasteiger partial charge in [0, 0.05) is 5.56 Å². The van der Waals surface area contributed by atoms with Crippen LogP contribution in [0.3, 0.4) is 0 Å².